The predicted molar refractivity (Wildman–Crippen MR) is 107 cm³/mol. The van der Waals surface area contributed by atoms with E-state index in [1.807, 2.05) is 30.1 Å². The van der Waals surface area contributed by atoms with E-state index in [4.69, 9.17) is 21.1 Å². The maximum Gasteiger partial charge on any atom is 0.354 e. The van der Waals surface area contributed by atoms with Crippen molar-refractivity contribution in [3.05, 3.63) is 46.6 Å². The third-order valence-electron chi connectivity index (χ3n) is 5.77. The van der Waals surface area contributed by atoms with E-state index in [1.54, 1.807) is 0 Å². The van der Waals surface area contributed by atoms with Gasteiger partial charge in [-0.1, -0.05) is 69.1 Å². The number of ether oxygens (including phenoxy) is 2. The van der Waals surface area contributed by atoms with Gasteiger partial charge in [0.25, 0.3) is 0 Å². The summed E-state index contributed by atoms with van der Waals surface area (Å²) in [7, 11) is 1.92. The van der Waals surface area contributed by atoms with Gasteiger partial charge in [0.2, 0.25) is 6.29 Å². The Hall–Kier alpha value is -1.52. The standard InChI is InChI=1S/C22H30ClNO3/c1-14(2)17-11-10-15(3)12-18(17)26-22-20(19(23)21(25)27-22)24(4)13-16-8-6-5-7-9-16/h5-9,14-15,17-18,22H,10-13H2,1-4H3. The zero-order valence-electron chi connectivity index (χ0n) is 16.7. The molecule has 2 aliphatic rings. The molecule has 27 heavy (non-hydrogen) atoms. The number of carbonyl (C=O) groups is 1. The Morgan fingerprint density at radius 2 is 1.96 bits per heavy atom. The van der Waals surface area contributed by atoms with Crippen LogP contribution in [0.1, 0.15) is 45.6 Å². The van der Waals surface area contributed by atoms with Gasteiger partial charge < -0.3 is 14.4 Å². The number of hydrogen-bond donors (Lipinski definition) is 0. The summed E-state index contributed by atoms with van der Waals surface area (Å²) in [6, 6.07) is 10.1. The summed E-state index contributed by atoms with van der Waals surface area (Å²) >= 11 is 6.31. The van der Waals surface area contributed by atoms with Crippen molar-refractivity contribution in [1.82, 2.24) is 4.90 Å². The molecule has 0 radical (unpaired) electrons. The number of benzene rings is 1. The molecule has 1 aromatic carbocycles. The zero-order chi connectivity index (χ0) is 19.6. The maximum absolute atomic E-state index is 12.2. The molecular formula is C22H30ClNO3. The highest BCUT2D eigenvalue weighted by atomic mass is 35.5. The van der Waals surface area contributed by atoms with Crippen molar-refractivity contribution in [2.24, 2.45) is 17.8 Å². The molecule has 1 aliphatic heterocycles. The number of hydrogen-bond acceptors (Lipinski definition) is 4. The number of cyclic esters (lactones) is 1. The smallest absolute Gasteiger partial charge is 0.354 e. The SMILES string of the molecule is CC1CCC(C(C)C)C(OC2OC(=O)C(Cl)=C2N(C)Cc2ccccc2)C1. The van der Waals surface area contributed by atoms with Crippen LogP contribution >= 0.6 is 11.6 Å². The van der Waals surface area contributed by atoms with Gasteiger partial charge >= 0.3 is 5.97 Å². The minimum absolute atomic E-state index is 0.0780. The molecule has 0 bridgehead atoms. The van der Waals surface area contributed by atoms with Crippen LogP contribution in [0.5, 0.6) is 0 Å². The van der Waals surface area contributed by atoms with Crippen LogP contribution in [-0.2, 0) is 20.8 Å². The van der Waals surface area contributed by atoms with E-state index in [-0.39, 0.29) is 11.1 Å². The fraction of sp³-hybridized carbons (Fsp3) is 0.591. The van der Waals surface area contributed by atoms with Gasteiger partial charge in [-0.25, -0.2) is 4.79 Å². The van der Waals surface area contributed by atoms with Gasteiger partial charge in [-0.15, -0.1) is 0 Å². The summed E-state index contributed by atoms with van der Waals surface area (Å²) in [5.74, 6) is 1.12. The van der Waals surface area contributed by atoms with E-state index in [0.29, 0.717) is 30.0 Å². The lowest BCUT2D eigenvalue weighted by molar-refractivity contribution is -0.184. The van der Waals surface area contributed by atoms with Gasteiger partial charge in [-0.2, -0.15) is 0 Å². The molecule has 3 rings (SSSR count). The Labute approximate surface area is 167 Å². The van der Waals surface area contributed by atoms with Crippen LogP contribution < -0.4 is 0 Å². The van der Waals surface area contributed by atoms with Gasteiger partial charge in [0.05, 0.1) is 6.10 Å². The van der Waals surface area contributed by atoms with Gasteiger partial charge in [-0.3, -0.25) is 0 Å². The van der Waals surface area contributed by atoms with Crippen molar-refractivity contribution in [2.45, 2.75) is 59.0 Å². The van der Waals surface area contributed by atoms with Crippen molar-refractivity contribution in [3.63, 3.8) is 0 Å². The van der Waals surface area contributed by atoms with Crippen LogP contribution in [0.4, 0.5) is 0 Å². The van der Waals surface area contributed by atoms with Crippen molar-refractivity contribution in [2.75, 3.05) is 7.05 Å². The third-order valence-corrected chi connectivity index (χ3v) is 6.12. The first-order valence-corrected chi connectivity index (χ1v) is 10.3. The monoisotopic (exact) mass is 391 g/mol. The van der Waals surface area contributed by atoms with Gasteiger partial charge in [0.15, 0.2) is 5.03 Å². The second kappa shape index (κ2) is 8.66. The predicted octanol–water partition coefficient (Wildman–Crippen LogP) is 4.93. The van der Waals surface area contributed by atoms with Gasteiger partial charge in [0.1, 0.15) is 5.70 Å². The van der Waals surface area contributed by atoms with Gasteiger partial charge in [0, 0.05) is 13.6 Å². The topological polar surface area (TPSA) is 38.8 Å². The highest BCUT2D eigenvalue weighted by Gasteiger charge is 2.41. The molecule has 1 aliphatic carbocycles. The number of nitrogens with zero attached hydrogens (tertiary/aromatic N) is 1. The van der Waals surface area contributed by atoms with Crippen LogP contribution in [0.15, 0.2) is 41.1 Å². The lowest BCUT2D eigenvalue weighted by atomic mass is 9.75. The molecule has 1 saturated carbocycles. The molecule has 1 fully saturated rings. The minimum Gasteiger partial charge on any atom is -0.425 e. The number of carbonyl (C=O) groups excluding carboxylic acids is 1. The molecule has 0 spiro atoms. The Morgan fingerprint density at radius 3 is 2.63 bits per heavy atom. The van der Waals surface area contributed by atoms with Crippen molar-refractivity contribution < 1.29 is 14.3 Å². The second-order valence-electron chi connectivity index (χ2n) is 8.28. The summed E-state index contributed by atoms with van der Waals surface area (Å²) in [5.41, 5.74) is 1.77. The summed E-state index contributed by atoms with van der Waals surface area (Å²) in [5, 5.41) is 0.128. The van der Waals surface area contributed by atoms with Crippen molar-refractivity contribution in [3.8, 4) is 0 Å². The fourth-order valence-corrected chi connectivity index (χ4v) is 4.50. The molecule has 4 unspecified atom stereocenters. The quantitative estimate of drug-likeness (QED) is 0.644. The molecule has 1 heterocycles. The molecule has 0 amide bonds. The lowest BCUT2D eigenvalue weighted by Crippen LogP contribution is -2.39. The fourth-order valence-electron chi connectivity index (χ4n) is 4.22. The highest BCUT2D eigenvalue weighted by molar-refractivity contribution is 6.42. The maximum atomic E-state index is 12.2. The molecule has 148 valence electrons. The number of likely N-dealkylation sites (N-methyl/N-ethyl adjacent to an activating group) is 1. The van der Waals surface area contributed by atoms with E-state index >= 15 is 0 Å². The normalized spacial score (nSPS) is 28.6. The first-order chi connectivity index (χ1) is 12.9. The van der Waals surface area contributed by atoms with Crippen LogP contribution in [0.2, 0.25) is 0 Å². The lowest BCUT2D eigenvalue weighted by Gasteiger charge is -2.39. The van der Waals surface area contributed by atoms with Crippen LogP contribution in [0, 0.1) is 17.8 Å². The van der Waals surface area contributed by atoms with Crippen LogP contribution in [0.3, 0.4) is 0 Å². The second-order valence-corrected chi connectivity index (χ2v) is 8.66. The van der Waals surface area contributed by atoms with Crippen molar-refractivity contribution in [1.29, 1.82) is 0 Å². The molecule has 0 N–H and O–H groups in total. The number of halogens is 1. The summed E-state index contributed by atoms with van der Waals surface area (Å²) in [4.78, 5) is 14.1. The number of esters is 1. The molecule has 0 aromatic heterocycles. The van der Waals surface area contributed by atoms with Gasteiger partial charge in [-0.05, 0) is 36.2 Å². The third kappa shape index (κ3) is 4.67. The minimum atomic E-state index is -0.727. The summed E-state index contributed by atoms with van der Waals surface area (Å²) in [6.45, 7) is 7.38. The van der Waals surface area contributed by atoms with E-state index < -0.39 is 12.3 Å². The van der Waals surface area contributed by atoms with Crippen LogP contribution in [-0.4, -0.2) is 30.3 Å². The van der Waals surface area contributed by atoms with E-state index in [9.17, 15) is 4.79 Å². The first-order valence-electron chi connectivity index (χ1n) is 9.88. The highest BCUT2D eigenvalue weighted by Crippen LogP contribution is 2.38. The van der Waals surface area contributed by atoms with E-state index in [2.05, 4.69) is 32.9 Å². The Bertz CT molecular complexity index is 688. The molecular weight excluding hydrogens is 362 g/mol. The Kier molecular flexibility index (Phi) is 6.48. The number of rotatable bonds is 6. The van der Waals surface area contributed by atoms with Crippen molar-refractivity contribution >= 4 is 17.6 Å². The van der Waals surface area contributed by atoms with E-state index in [1.165, 1.54) is 6.42 Å². The Balaban J connectivity index is 1.76. The Morgan fingerprint density at radius 1 is 1.26 bits per heavy atom. The average molecular weight is 392 g/mol. The first kappa shape index (κ1) is 20.2. The molecule has 5 heteroatoms. The molecule has 4 atom stereocenters. The summed E-state index contributed by atoms with van der Waals surface area (Å²) < 4.78 is 11.9. The largest absolute Gasteiger partial charge is 0.425 e. The molecule has 0 saturated heterocycles. The summed E-state index contributed by atoms with van der Waals surface area (Å²) in [6.07, 6.45) is 2.72. The molecule has 1 aromatic rings. The molecule has 4 nitrogen and oxygen atoms in total. The van der Waals surface area contributed by atoms with Crippen LogP contribution in [0.25, 0.3) is 0 Å². The van der Waals surface area contributed by atoms with E-state index in [0.717, 1.165) is 18.4 Å². The average Bonchev–Trinajstić information content (AvgIpc) is 2.89. The zero-order valence-corrected chi connectivity index (χ0v) is 17.4.